The second-order valence-corrected chi connectivity index (χ2v) is 2.97. The van der Waals surface area contributed by atoms with E-state index in [0.717, 1.165) is 0 Å². The van der Waals surface area contributed by atoms with Gasteiger partial charge in [0.1, 0.15) is 23.9 Å². The molecule has 0 atom stereocenters. The zero-order valence-corrected chi connectivity index (χ0v) is 7.98. The summed E-state index contributed by atoms with van der Waals surface area (Å²) >= 11 is 0. The Morgan fingerprint density at radius 1 is 1.47 bits per heavy atom. The van der Waals surface area contributed by atoms with E-state index in [1.807, 2.05) is 0 Å². The Morgan fingerprint density at radius 2 is 2.27 bits per heavy atom. The van der Waals surface area contributed by atoms with Crippen molar-refractivity contribution in [2.75, 3.05) is 0 Å². The van der Waals surface area contributed by atoms with Gasteiger partial charge in [-0.3, -0.25) is 0 Å². The van der Waals surface area contributed by atoms with Gasteiger partial charge in [0.25, 0.3) is 0 Å². The van der Waals surface area contributed by atoms with E-state index >= 15 is 0 Å². The van der Waals surface area contributed by atoms with Crippen LogP contribution in [-0.4, -0.2) is 14.8 Å². The van der Waals surface area contributed by atoms with Gasteiger partial charge >= 0.3 is 0 Å². The molecule has 74 valence electrons. The van der Waals surface area contributed by atoms with Crippen molar-refractivity contribution in [2.45, 2.75) is 6.92 Å². The van der Waals surface area contributed by atoms with Gasteiger partial charge in [-0.25, -0.2) is 14.1 Å². The lowest BCUT2D eigenvalue weighted by molar-refractivity contribution is 0.604. The smallest absolute Gasteiger partial charge is 0.166 e. The summed E-state index contributed by atoms with van der Waals surface area (Å²) in [5, 5.41) is 12.6. The molecular formula is C10H7FN4. The number of halogens is 1. The predicted molar refractivity (Wildman–Crippen MR) is 50.8 cm³/mol. The molecular weight excluding hydrogens is 195 g/mol. The monoisotopic (exact) mass is 202 g/mol. The summed E-state index contributed by atoms with van der Waals surface area (Å²) in [6.45, 7) is 1.71. The quantitative estimate of drug-likeness (QED) is 0.705. The van der Waals surface area contributed by atoms with Crippen molar-refractivity contribution in [3.63, 3.8) is 0 Å². The van der Waals surface area contributed by atoms with Gasteiger partial charge in [0, 0.05) is 0 Å². The van der Waals surface area contributed by atoms with E-state index in [4.69, 9.17) is 5.26 Å². The maximum absolute atomic E-state index is 13.7. The summed E-state index contributed by atoms with van der Waals surface area (Å²) in [6, 6.07) is 6.36. The molecule has 1 aromatic carbocycles. The number of hydrogen-bond donors (Lipinski definition) is 0. The summed E-state index contributed by atoms with van der Waals surface area (Å²) in [5.74, 6) is -0.00223. The van der Waals surface area contributed by atoms with Crippen LogP contribution in [0.3, 0.4) is 0 Å². The van der Waals surface area contributed by atoms with Crippen molar-refractivity contribution < 1.29 is 4.39 Å². The first-order valence-electron chi connectivity index (χ1n) is 4.29. The van der Waals surface area contributed by atoms with E-state index in [1.54, 1.807) is 25.1 Å². The molecule has 0 bridgehead atoms. The molecule has 2 aromatic rings. The molecule has 1 heterocycles. The third-order valence-corrected chi connectivity index (χ3v) is 2.05. The Hall–Kier alpha value is -2.22. The molecule has 0 N–H and O–H groups in total. The summed E-state index contributed by atoms with van der Waals surface area (Å²) in [4.78, 5) is 3.89. The number of hydrogen-bond acceptors (Lipinski definition) is 3. The fourth-order valence-electron chi connectivity index (χ4n) is 1.31. The lowest BCUT2D eigenvalue weighted by Gasteiger charge is -2.04. The molecule has 15 heavy (non-hydrogen) atoms. The molecule has 0 aliphatic heterocycles. The zero-order valence-electron chi connectivity index (χ0n) is 7.98. The number of rotatable bonds is 1. The summed E-state index contributed by atoms with van der Waals surface area (Å²) in [5.41, 5.74) is 0.242. The molecule has 2 rings (SSSR count). The molecule has 0 unspecified atom stereocenters. The van der Waals surface area contributed by atoms with Gasteiger partial charge in [-0.05, 0) is 19.1 Å². The van der Waals surface area contributed by atoms with E-state index in [0.29, 0.717) is 5.82 Å². The van der Waals surface area contributed by atoms with E-state index in [9.17, 15) is 4.39 Å². The van der Waals surface area contributed by atoms with Gasteiger partial charge in [-0.1, -0.05) is 6.07 Å². The Bertz CT molecular complexity index is 539. The van der Waals surface area contributed by atoms with Crippen LogP contribution < -0.4 is 0 Å². The third kappa shape index (κ3) is 1.46. The second-order valence-electron chi connectivity index (χ2n) is 2.97. The number of nitrogens with zero attached hydrogens (tertiary/aromatic N) is 4. The molecule has 0 fully saturated rings. The fraction of sp³-hybridized carbons (Fsp3) is 0.100. The van der Waals surface area contributed by atoms with Crippen LogP contribution in [0.2, 0.25) is 0 Å². The van der Waals surface area contributed by atoms with E-state index in [2.05, 4.69) is 10.1 Å². The molecule has 4 nitrogen and oxygen atoms in total. The standard InChI is InChI=1S/C10H7FN4/c1-7-13-6-14-15(7)9-4-2-3-8(5-12)10(9)11/h2-4,6H,1H3. The van der Waals surface area contributed by atoms with Crippen LogP contribution in [0, 0.1) is 24.1 Å². The molecule has 0 saturated carbocycles. The maximum Gasteiger partial charge on any atom is 0.166 e. The minimum absolute atomic E-state index is 0.00222. The van der Waals surface area contributed by atoms with Crippen molar-refractivity contribution in [1.29, 1.82) is 5.26 Å². The highest BCUT2D eigenvalue weighted by Crippen LogP contribution is 2.16. The highest BCUT2D eigenvalue weighted by Gasteiger charge is 2.11. The van der Waals surface area contributed by atoms with Crippen LogP contribution in [0.25, 0.3) is 5.69 Å². The van der Waals surface area contributed by atoms with Crippen LogP contribution in [0.4, 0.5) is 4.39 Å². The van der Waals surface area contributed by atoms with Gasteiger partial charge in [-0.15, -0.1) is 0 Å². The third-order valence-electron chi connectivity index (χ3n) is 2.05. The van der Waals surface area contributed by atoms with Gasteiger partial charge in [0.2, 0.25) is 0 Å². The Kier molecular flexibility index (Phi) is 2.18. The van der Waals surface area contributed by atoms with Crippen LogP contribution in [0.5, 0.6) is 0 Å². The average Bonchev–Trinajstić information content (AvgIpc) is 2.65. The highest BCUT2D eigenvalue weighted by atomic mass is 19.1. The number of benzene rings is 1. The first kappa shape index (κ1) is 9.34. The van der Waals surface area contributed by atoms with Gasteiger partial charge in [-0.2, -0.15) is 10.4 Å². The Morgan fingerprint density at radius 3 is 2.87 bits per heavy atom. The second kappa shape index (κ2) is 3.50. The van der Waals surface area contributed by atoms with Crippen LogP contribution >= 0.6 is 0 Å². The summed E-state index contributed by atoms with van der Waals surface area (Å²) < 4.78 is 15.1. The number of nitriles is 1. The minimum atomic E-state index is -0.575. The molecule has 0 spiro atoms. The number of aryl methyl sites for hydroxylation is 1. The van der Waals surface area contributed by atoms with Crippen molar-refractivity contribution in [2.24, 2.45) is 0 Å². The molecule has 0 radical (unpaired) electrons. The van der Waals surface area contributed by atoms with Crippen LogP contribution in [-0.2, 0) is 0 Å². The van der Waals surface area contributed by atoms with Crippen LogP contribution in [0.15, 0.2) is 24.5 Å². The molecule has 5 heteroatoms. The van der Waals surface area contributed by atoms with Crippen molar-refractivity contribution in [1.82, 2.24) is 14.8 Å². The van der Waals surface area contributed by atoms with E-state index in [-0.39, 0.29) is 11.3 Å². The van der Waals surface area contributed by atoms with Crippen molar-refractivity contribution >= 4 is 0 Å². The number of aromatic nitrogens is 3. The highest BCUT2D eigenvalue weighted by molar-refractivity contribution is 5.43. The van der Waals surface area contributed by atoms with E-state index < -0.39 is 5.82 Å². The fourth-order valence-corrected chi connectivity index (χ4v) is 1.31. The van der Waals surface area contributed by atoms with Crippen molar-refractivity contribution in [3.05, 3.63) is 41.7 Å². The normalized spacial score (nSPS) is 9.93. The topological polar surface area (TPSA) is 54.5 Å². The average molecular weight is 202 g/mol. The van der Waals surface area contributed by atoms with E-state index in [1.165, 1.54) is 17.1 Å². The SMILES string of the molecule is Cc1ncnn1-c1cccc(C#N)c1F. The minimum Gasteiger partial charge on any atom is -0.220 e. The van der Waals surface area contributed by atoms with Gasteiger partial charge in [0.05, 0.1) is 5.56 Å². The molecule has 0 saturated heterocycles. The summed E-state index contributed by atoms with van der Waals surface area (Å²) in [6.07, 6.45) is 1.34. The van der Waals surface area contributed by atoms with Crippen molar-refractivity contribution in [3.8, 4) is 11.8 Å². The van der Waals surface area contributed by atoms with Gasteiger partial charge in [0.15, 0.2) is 5.82 Å². The molecule has 1 aromatic heterocycles. The molecule has 0 aliphatic rings. The first-order valence-corrected chi connectivity index (χ1v) is 4.29. The largest absolute Gasteiger partial charge is 0.220 e. The maximum atomic E-state index is 13.7. The zero-order chi connectivity index (χ0) is 10.8. The predicted octanol–water partition coefficient (Wildman–Crippen LogP) is 1.59. The Balaban J connectivity index is 2.65. The molecule has 0 amide bonds. The Labute approximate surface area is 85.6 Å². The lowest BCUT2D eigenvalue weighted by Crippen LogP contribution is -2.03. The first-order chi connectivity index (χ1) is 7.24. The lowest BCUT2D eigenvalue weighted by atomic mass is 10.2. The van der Waals surface area contributed by atoms with Gasteiger partial charge < -0.3 is 0 Å². The molecule has 0 aliphatic carbocycles. The summed E-state index contributed by atoms with van der Waals surface area (Å²) in [7, 11) is 0. The van der Waals surface area contributed by atoms with Crippen LogP contribution in [0.1, 0.15) is 11.4 Å².